The Bertz CT molecular complexity index is 305. The monoisotopic (exact) mass is 223 g/mol. The maximum atomic E-state index is 5.02. The molecular formula is C12H21N3O. The maximum absolute atomic E-state index is 5.02. The zero-order valence-electron chi connectivity index (χ0n) is 9.98. The van der Waals surface area contributed by atoms with Gasteiger partial charge in [0.1, 0.15) is 5.82 Å². The van der Waals surface area contributed by atoms with Crippen LogP contribution in [0.3, 0.4) is 0 Å². The highest BCUT2D eigenvalue weighted by Gasteiger charge is 2.13. The minimum atomic E-state index is 0.625. The van der Waals surface area contributed by atoms with E-state index in [4.69, 9.17) is 4.74 Å². The van der Waals surface area contributed by atoms with E-state index in [-0.39, 0.29) is 0 Å². The van der Waals surface area contributed by atoms with Crippen LogP contribution in [0.15, 0.2) is 12.3 Å². The van der Waals surface area contributed by atoms with Gasteiger partial charge in [0.15, 0.2) is 0 Å². The first kappa shape index (κ1) is 11.5. The van der Waals surface area contributed by atoms with E-state index in [2.05, 4.69) is 10.4 Å². The highest BCUT2D eigenvalue weighted by Crippen LogP contribution is 2.20. The number of hydrogen-bond donors (Lipinski definition) is 1. The molecule has 2 rings (SSSR count). The van der Waals surface area contributed by atoms with Crippen LogP contribution < -0.4 is 5.32 Å². The summed E-state index contributed by atoms with van der Waals surface area (Å²) in [6.45, 7) is 1.54. The van der Waals surface area contributed by atoms with Gasteiger partial charge in [0.05, 0.1) is 13.2 Å². The van der Waals surface area contributed by atoms with Crippen LogP contribution in [0, 0.1) is 0 Å². The number of ether oxygens (including phenoxy) is 1. The molecular weight excluding hydrogens is 202 g/mol. The number of aromatic nitrogens is 2. The van der Waals surface area contributed by atoms with Gasteiger partial charge in [-0.25, -0.2) is 0 Å². The van der Waals surface area contributed by atoms with Gasteiger partial charge in [0.2, 0.25) is 0 Å². The molecule has 1 N–H and O–H groups in total. The van der Waals surface area contributed by atoms with E-state index in [0.29, 0.717) is 12.6 Å². The molecule has 1 aromatic heterocycles. The second kappa shape index (κ2) is 5.89. The highest BCUT2D eigenvalue weighted by molar-refractivity contribution is 5.33. The molecule has 0 unspecified atom stereocenters. The first-order valence-corrected chi connectivity index (χ1v) is 6.17. The van der Waals surface area contributed by atoms with E-state index in [0.717, 1.165) is 12.4 Å². The Morgan fingerprint density at radius 2 is 2.25 bits per heavy atom. The normalized spacial score (nSPS) is 17.6. The molecule has 1 fully saturated rings. The third kappa shape index (κ3) is 3.23. The summed E-state index contributed by atoms with van der Waals surface area (Å²) in [5, 5.41) is 7.97. The molecule has 1 aliphatic rings. The van der Waals surface area contributed by atoms with E-state index in [9.17, 15) is 0 Å². The first-order chi connectivity index (χ1) is 7.88. The summed E-state index contributed by atoms with van der Waals surface area (Å²) in [4.78, 5) is 0. The number of hydrogen-bond acceptors (Lipinski definition) is 3. The van der Waals surface area contributed by atoms with Gasteiger partial charge in [-0.3, -0.25) is 4.68 Å². The summed E-state index contributed by atoms with van der Waals surface area (Å²) < 4.78 is 6.95. The van der Waals surface area contributed by atoms with Gasteiger partial charge in [-0.2, -0.15) is 5.10 Å². The Kier molecular flexibility index (Phi) is 4.22. The molecule has 0 atom stereocenters. The fourth-order valence-electron chi connectivity index (χ4n) is 2.20. The van der Waals surface area contributed by atoms with Crippen LogP contribution in [0.4, 0.5) is 5.82 Å². The zero-order valence-corrected chi connectivity index (χ0v) is 9.98. The molecule has 0 bridgehead atoms. The van der Waals surface area contributed by atoms with Crippen molar-refractivity contribution in [1.82, 2.24) is 9.78 Å². The lowest BCUT2D eigenvalue weighted by molar-refractivity contribution is 0.183. The minimum absolute atomic E-state index is 0.625. The van der Waals surface area contributed by atoms with Crippen molar-refractivity contribution in [3.63, 3.8) is 0 Å². The number of nitrogens with zero attached hydrogens (tertiary/aromatic N) is 2. The standard InChI is InChI=1S/C12H21N3O/c1-16-10-9-15-8-7-12(14-15)13-11-5-3-2-4-6-11/h7-8,11H,2-6,9-10H2,1H3,(H,13,14). The smallest absolute Gasteiger partial charge is 0.148 e. The molecule has 0 aliphatic heterocycles. The number of methoxy groups -OCH3 is 1. The van der Waals surface area contributed by atoms with Crippen molar-refractivity contribution >= 4 is 5.82 Å². The fraction of sp³-hybridized carbons (Fsp3) is 0.750. The van der Waals surface area contributed by atoms with Gasteiger partial charge in [0, 0.05) is 25.4 Å². The van der Waals surface area contributed by atoms with Gasteiger partial charge < -0.3 is 10.1 Å². The van der Waals surface area contributed by atoms with Crippen LogP contribution in [0.25, 0.3) is 0 Å². The third-order valence-electron chi connectivity index (χ3n) is 3.12. The molecule has 1 aromatic rings. The summed E-state index contributed by atoms with van der Waals surface area (Å²) in [5.74, 6) is 1.00. The van der Waals surface area contributed by atoms with Crippen LogP contribution in [0.5, 0.6) is 0 Å². The van der Waals surface area contributed by atoms with E-state index < -0.39 is 0 Å². The molecule has 16 heavy (non-hydrogen) atoms. The van der Waals surface area contributed by atoms with Gasteiger partial charge >= 0.3 is 0 Å². The molecule has 0 spiro atoms. The molecule has 1 aliphatic carbocycles. The molecule has 0 radical (unpaired) electrons. The molecule has 1 saturated carbocycles. The van der Waals surface area contributed by atoms with Crippen LogP contribution >= 0.6 is 0 Å². The van der Waals surface area contributed by atoms with Crippen molar-refractivity contribution < 1.29 is 4.74 Å². The van der Waals surface area contributed by atoms with Crippen LogP contribution in [0.2, 0.25) is 0 Å². The molecule has 90 valence electrons. The van der Waals surface area contributed by atoms with Crippen LogP contribution in [-0.2, 0) is 11.3 Å². The Balaban J connectivity index is 1.81. The molecule has 1 heterocycles. The SMILES string of the molecule is COCCn1ccc(NC2CCCCC2)n1. The summed E-state index contributed by atoms with van der Waals surface area (Å²) in [6.07, 6.45) is 8.66. The van der Waals surface area contributed by atoms with Gasteiger partial charge in [-0.15, -0.1) is 0 Å². The Morgan fingerprint density at radius 3 is 3.00 bits per heavy atom. The Morgan fingerprint density at radius 1 is 1.44 bits per heavy atom. The van der Waals surface area contributed by atoms with Crippen molar-refractivity contribution in [3.05, 3.63) is 12.3 Å². The van der Waals surface area contributed by atoms with E-state index in [1.807, 2.05) is 16.9 Å². The van der Waals surface area contributed by atoms with Crippen molar-refractivity contribution in [1.29, 1.82) is 0 Å². The average molecular weight is 223 g/mol. The van der Waals surface area contributed by atoms with Crippen molar-refractivity contribution in [2.75, 3.05) is 19.0 Å². The van der Waals surface area contributed by atoms with Crippen molar-refractivity contribution in [2.24, 2.45) is 0 Å². The topological polar surface area (TPSA) is 39.1 Å². The van der Waals surface area contributed by atoms with Gasteiger partial charge in [-0.1, -0.05) is 19.3 Å². The van der Waals surface area contributed by atoms with Gasteiger partial charge in [-0.05, 0) is 12.8 Å². The predicted molar refractivity (Wildman–Crippen MR) is 64.6 cm³/mol. The quantitative estimate of drug-likeness (QED) is 0.832. The molecule has 0 amide bonds. The second-order valence-electron chi connectivity index (χ2n) is 4.44. The minimum Gasteiger partial charge on any atom is -0.383 e. The van der Waals surface area contributed by atoms with Crippen LogP contribution in [0.1, 0.15) is 32.1 Å². The molecule has 0 saturated heterocycles. The lowest BCUT2D eigenvalue weighted by Crippen LogP contribution is -2.22. The number of anilines is 1. The van der Waals surface area contributed by atoms with Crippen LogP contribution in [-0.4, -0.2) is 29.5 Å². The van der Waals surface area contributed by atoms with Crippen molar-refractivity contribution in [3.8, 4) is 0 Å². The Labute approximate surface area is 97.0 Å². The fourth-order valence-corrected chi connectivity index (χ4v) is 2.20. The molecule has 0 aromatic carbocycles. The summed E-state index contributed by atoms with van der Waals surface area (Å²) in [7, 11) is 1.71. The third-order valence-corrected chi connectivity index (χ3v) is 3.12. The maximum Gasteiger partial charge on any atom is 0.148 e. The van der Waals surface area contributed by atoms with Gasteiger partial charge in [0.25, 0.3) is 0 Å². The molecule has 4 nitrogen and oxygen atoms in total. The summed E-state index contributed by atoms with van der Waals surface area (Å²) >= 11 is 0. The average Bonchev–Trinajstić information content (AvgIpc) is 2.75. The van der Waals surface area contributed by atoms with E-state index in [1.54, 1.807) is 7.11 Å². The Hall–Kier alpha value is -1.03. The van der Waals surface area contributed by atoms with E-state index in [1.165, 1.54) is 32.1 Å². The number of rotatable bonds is 5. The summed E-state index contributed by atoms with van der Waals surface area (Å²) in [5.41, 5.74) is 0. The first-order valence-electron chi connectivity index (χ1n) is 6.17. The summed E-state index contributed by atoms with van der Waals surface area (Å²) in [6, 6.07) is 2.67. The van der Waals surface area contributed by atoms with Crippen molar-refractivity contribution in [2.45, 2.75) is 44.7 Å². The lowest BCUT2D eigenvalue weighted by Gasteiger charge is -2.22. The highest BCUT2D eigenvalue weighted by atomic mass is 16.5. The lowest BCUT2D eigenvalue weighted by atomic mass is 9.96. The second-order valence-corrected chi connectivity index (χ2v) is 4.44. The predicted octanol–water partition coefficient (Wildman–Crippen LogP) is 2.27. The largest absolute Gasteiger partial charge is 0.383 e. The molecule has 4 heteroatoms. The van der Waals surface area contributed by atoms with E-state index >= 15 is 0 Å². The number of nitrogens with one attached hydrogen (secondary N) is 1. The zero-order chi connectivity index (χ0) is 11.2.